The predicted octanol–water partition coefficient (Wildman–Crippen LogP) is 4.96. The van der Waals surface area contributed by atoms with Gasteiger partial charge in [0.05, 0.1) is 23.6 Å². The van der Waals surface area contributed by atoms with Gasteiger partial charge in [-0.05, 0) is 42.0 Å². The highest BCUT2D eigenvalue weighted by molar-refractivity contribution is 7.13. The maximum atomic E-state index is 12.9. The number of ether oxygens (including phenoxy) is 1. The summed E-state index contributed by atoms with van der Waals surface area (Å²) in [5.41, 5.74) is 2.53. The van der Waals surface area contributed by atoms with Crippen LogP contribution in [0.4, 0.5) is 4.79 Å². The number of methoxy groups -OCH3 is 1. The highest BCUT2D eigenvalue weighted by Gasteiger charge is 2.36. The lowest BCUT2D eigenvalue weighted by Gasteiger charge is -2.36. The number of allylic oxidation sites excluding steroid dienone is 1. The molecule has 3 aromatic rings. The molecule has 0 radical (unpaired) electrons. The molecule has 8 heteroatoms. The third-order valence-electron chi connectivity index (χ3n) is 4.99. The Morgan fingerprint density at radius 3 is 2.67 bits per heavy atom. The van der Waals surface area contributed by atoms with E-state index in [1.807, 2.05) is 48.7 Å². The Labute approximate surface area is 179 Å². The van der Waals surface area contributed by atoms with Gasteiger partial charge < -0.3 is 14.6 Å². The van der Waals surface area contributed by atoms with Crippen molar-refractivity contribution in [3.8, 4) is 16.5 Å². The summed E-state index contributed by atoms with van der Waals surface area (Å²) in [4.78, 5) is 20.2. The van der Waals surface area contributed by atoms with Crippen molar-refractivity contribution in [3.63, 3.8) is 0 Å². The van der Waals surface area contributed by atoms with Gasteiger partial charge in [-0.15, -0.1) is 11.3 Å². The number of rotatable bonds is 6. The smallest absolute Gasteiger partial charge is 0.322 e. The molecule has 2 aromatic heterocycles. The molecule has 0 bridgehead atoms. The third-order valence-corrected chi connectivity index (χ3v) is 5.86. The van der Waals surface area contributed by atoms with E-state index in [-0.39, 0.29) is 6.03 Å². The minimum Gasteiger partial charge on any atom is -0.497 e. The van der Waals surface area contributed by atoms with Crippen LogP contribution in [0, 0.1) is 5.92 Å². The van der Waals surface area contributed by atoms with Gasteiger partial charge in [-0.1, -0.05) is 37.2 Å². The van der Waals surface area contributed by atoms with Crippen LogP contribution in [0.2, 0.25) is 0 Å². The molecule has 0 saturated carbocycles. The quantitative estimate of drug-likeness (QED) is 0.605. The van der Waals surface area contributed by atoms with Gasteiger partial charge >= 0.3 is 6.03 Å². The first-order valence-corrected chi connectivity index (χ1v) is 10.7. The van der Waals surface area contributed by atoms with Crippen molar-refractivity contribution in [1.82, 2.24) is 20.4 Å². The van der Waals surface area contributed by atoms with Gasteiger partial charge in [-0.2, -0.15) is 4.98 Å². The Bertz CT molecular complexity index is 1050. The number of hydrogen-bond acceptors (Lipinski definition) is 6. The minimum absolute atomic E-state index is 0.135. The zero-order valence-corrected chi connectivity index (χ0v) is 18.2. The molecule has 1 atom stereocenters. The molecule has 30 heavy (non-hydrogen) atoms. The molecule has 0 spiro atoms. The summed E-state index contributed by atoms with van der Waals surface area (Å²) >= 11 is 1.55. The van der Waals surface area contributed by atoms with Gasteiger partial charge in [0.1, 0.15) is 5.75 Å². The van der Waals surface area contributed by atoms with Crippen molar-refractivity contribution in [1.29, 1.82) is 0 Å². The first kappa shape index (κ1) is 20.2. The van der Waals surface area contributed by atoms with Gasteiger partial charge in [0.15, 0.2) is 0 Å². The summed E-state index contributed by atoms with van der Waals surface area (Å²) < 4.78 is 10.9. The molecular weight excluding hydrogens is 400 g/mol. The number of thiophene rings is 1. The van der Waals surface area contributed by atoms with Gasteiger partial charge in [0.2, 0.25) is 5.82 Å². The highest BCUT2D eigenvalue weighted by atomic mass is 32.1. The number of nitrogens with zero attached hydrogens (tertiary/aromatic N) is 3. The standard InChI is InChI=1S/C22H24N4O3S/c1-13(2)12-26-14(3)18(21-24-20(25-29-21)17-6-5-11-30-17)19(23-22(26)27)15-7-9-16(28-4)10-8-15/h5-11,13,19H,12H2,1-4H3,(H,23,27). The van der Waals surface area contributed by atoms with Gasteiger partial charge in [-0.3, -0.25) is 4.90 Å². The molecule has 2 amide bonds. The molecule has 0 aliphatic carbocycles. The second-order valence-electron chi connectivity index (χ2n) is 7.56. The molecule has 1 N–H and O–H groups in total. The monoisotopic (exact) mass is 424 g/mol. The molecule has 3 heterocycles. The number of hydrogen-bond donors (Lipinski definition) is 1. The van der Waals surface area contributed by atoms with E-state index in [0.717, 1.165) is 27.5 Å². The van der Waals surface area contributed by atoms with Gasteiger partial charge in [-0.25, -0.2) is 4.79 Å². The molecule has 1 aliphatic rings. The van der Waals surface area contributed by atoms with Crippen molar-refractivity contribution in [3.05, 3.63) is 58.9 Å². The van der Waals surface area contributed by atoms with Crippen LogP contribution < -0.4 is 10.1 Å². The van der Waals surface area contributed by atoms with E-state index in [0.29, 0.717) is 24.2 Å². The van der Waals surface area contributed by atoms with Gasteiger partial charge in [0, 0.05) is 12.2 Å². The first-order chi connectivity index (χ1) is 14.5. The SMILES string of the molecule is COc1ccc(C2NC(=O)N(CC(C)C)C(C)=C2c2nc(-c3cccs3)no2)cc1. The summed E-state index contributed by atoms with van der Waals surface area (Å²) in [6.07, 6.45) is 0. The summed E-state index contributed by atoms with van der Waals surface area (Å²) in [5.74, 6) is 2.02. The van der Waals surface area contributed by atoms with Crippen LogP contribution in [0.3, 0.4) is 0 Å². The summed E-state index contributed by atoms with van der Waals surface area (Å²) in [7, 11) is 1.63. The van der Waals surface area contributed by atoms with Crippen molar-refractivity contribution >= 4 is 22.9 Å². The highest BCUT2D eigenvalue weighted by Crippen LogP contribution is 2.38. The number of carbonyl (C=O) groups excluding carboxylic acids is 1. The largest absolute Gasteiger partial charge is 0.497 e. The van der Waals surface area contributed by atoms with Crippen LogP contribution in [0.1, 0.15) is 38.3 Å². The Balaban J connectivity index is 1.80. The fourth-order valence-corrected chi connectivity index (χ4v) is 4.18. The molecule has 7 nitrogen and oxygen atoms in total. The van der Waals surface area contributed by atoms with Crippen molar-refractivity contribution in [2.75, 3.05) is 13.7 Å². The molecular formula is C22H24N4O3S. The second kappa shape index (κ2) is 8.31. The van der Waals surface area contributed by atoms with Crippen molar-refractivity contribution in [2.24, 2.45) is 5.92 Å². The van der Waals surface area contributed by atoms with Crippen LogP contribution in [0.15, 0.2) is 52.0 Å². The van der Waals surface area contributed by atoms with E-state index in [2.05, 4.69) is 29.3 Å². The molecule has 1 aromatic carbocycles. The zero-order valence-electron chi connectivity index (χ0n) is 17.4. The van der Waals surface area contributed by atoms with Crippen molar-refractivity contribution in [2.45, 2.75) is 26.8 Å². The van der Waals surface area contributed by atoms with Gasteiger partial charge in [0.25, 0.3) is 5.89 Å². The maximum Gasteiger partial charge on any atom is 0.322 e. The fourth-order valence-electron chi connectivity index (χ4n) is 3.53. The number of carbonyl (C=O) groups is 1. The van der Waals surface area contributed by atoms with Crippen LogP contribution in [-0.4, -0.2) is 34.7 Å². The fraction of sp³-hybridized carbons (Fsp3) is 0.318. The number of aromatic nitrogens is 2. The van der Waals surface area contributed by atoms with E-state index in [1.54, 1.807) is 23.3 Å². The number of nitrogens with one attached hydrogen (secondary N) is 1. The zero-order chi connectivity index (χ0) is 21.3. The van der Waals surface area contributed by atoms with Crippen LogP contribution in [0.25, 0.3) is 16.3 Å². The van der Waals surface area contributed by atoms with E-state index >= 15 is 0 Å². The summed E-state index contributed by atoms with van der Waals surface area (Å²) in [6, 6.07) is 11.0. The first-order valence-electron chi connectivity index (χ1n) is 9.78. The molecule has 1 unspecified atom stereocenters. The van der Waals surface area contributed by atoms with E-state index in [4.69, 9.17) is 9.26 Å². The van der Waals surface area contributed by atoms with E-state index < -0.39 is 6.04 Å². The lowest BCUT2D eigenvalue weighted by atomic mass is 9.94. The van der Waals surface area contributed by atoms with Crippen LogP contribution in [0.5, 0.6) is 5.75 Å². The topological polar surface area (TPSA) is 80.5 Å². The van der Waals surface area contributed by atoms with E-state index in [1.165, 1.54) is 0 Å². The van der Waals surface area contributed by atoms with E-state index in [9.17, 15) is 4.79 Å². The van der Waals surface area contributed by atoms with Crippen LogP contribution >= 0.6 is 11.3 Å². The van der Waals surface area contributed by atoms with Crippen LogP contribution in [-0.2, 0) is 0 Å². The number of urea groups is 1. The van der Waals surface area contributed by atoms with Crippen molar-refractivity contribution < 1.29 is 14.1 Å². The lowest BCUT2D eigenvalue weighted by Crippen LogP contribution is -2.47. The predicted molar refractivity (Wildman–Crippen MR) is 116 cm³/mol. The molecule has 1 aliphatic heterocycles. The third kappa shape index (κ3) is 3.82. The minimum atomic E-state index is -0.400. The number of benzene rings is 1. The Hall–Kier alpha value is -3.13. The molecule has 0 fully saturated rings. The maximum absolute atomic E-state index is 12.9. The molecule has 4 rings (SSSR count). The Morgan fingerprint density at radius 2 is 2.03 bits per heavy atom. The molecule has 156 valence electrons. The molecule has 0 saturated heterocycles. The Morgan fingerprint density at radius 1 is 1.27 bits per heavy atom. The Kier molecular flexibility index (Phi) is 5.59. The second-order valence-corrected chi connectivity index (χ2v) is 8.51. The summed E-state index contributed by atoms with van der Waals surface area (Å²) in [5, 5.41) is 9.25. The average Bonchev–Trinajstić information content (AvgIpc) is 3.42. The number of amides is 2. The normalized spacial score (nSPS) is 16.9. The summed E-state index contributed by atoms with van der Waals surface area (Å²) in [6.45, 7) is 6.69. The lowest BCUT2D eigenvalue weighted by molar-refractivity contribution is 0.199. The average molecular weight is 425 g/mol.